The third kappa shape index (κ3) is 3.00. The average Bonchev–Trinajstić information content (AvgIpc) is 2.88. The van der Waals surface area contributed by atoms with E-state index in [1.807, 2.05) is 24.9 Å². The van der Waals surface area contributed by atoms with Crippen molar-refractivity contribution < 1.29 is 4.79 Å². The lowest BCUT2D eigenvalue weighted by Gasteiger charge is -2.32. The lowest BCUT2D eigenvalue weighted by atomic mass is 9.94. The summed E-state index contributed by atoms with van der Waals surface area (Å²) in [5, 5.41) is 7.10. The Hall–Kier alpha value is -2.24. The highest BCUT2D eigenvalue weighted by atomic mass is 16.2. The van der Waals surface area contributed by atoms with E-state index in [1.54, 1.807) is 12.4 Å². The van der Waals surface area contributed by atoms with E-state index in [0.717, 1.165) is 48.6 Å². The Balaban J connectivity index is 1.68. The maximum absolute atomic E-state index is 12.6. The SMILES string of the molecule is Cc1n[nH]c(C)c1CC(=O)N1CCC[C@H](c2cnccn2)C1. The third-order valence-corrected chi connectivity index (χ3v) is 4.38. The van der Waals surface area contributed by atoms with Crippen LogP contribution in [0.15, 0.2) is 18.6 Å². The van der Waals surface area contributed by atoms with Crippen molar-refractivity contribution >= 4 is 5.91 Å². The number of rotatable bonds is 3. The van der Waals surface area contributed by atoms with E-state index in [2.05, 4.69) is 20.2 Å². The van der Waals surface area contributed by atoms with E-state index >= 15 is 0 Å². The molecule has 1 aliphatic rings. The van der Waals surface area contributed by atoms with Crippen LogP contribution in [-0.2, 0) is 11.2 Å². The van der Waals surface area contributed by atoms with Gasteiger partial charge in [-0.1, -0.05) is 0 Å². The van der Waals surface area contributed by atoms with Crippen molar-refractivity contribution in [3.63, 3.8) is 0 Å². The summed E-state index contributed by atoms with van der Waals surface area (Å²) in [4.78, 5) is 23.1. The zero-order valence-electron chi connectivity index (χ0n) is 13.0. The fourth-order valence-electron chi connectivity index (χ4n) is 3.06. The van der Waals surface area contributed by atoms with Crippen LogP contribution in [0.3, 0.4) is 0 Å². The highest BCUT2D eigenvalue weighted by molar-refractivity contribution is 5.79. The van der Waals surface area contributed by atoms with Crippen LogP contribution in [0.25, 0.3) is 0 Å². The van der Waals surface area contributed by atoms with Gasteiger partial charge in [0.05, 0.1) is 17.8 Å². The number of aromatic nitrogens is 4. The van der Waals surface area contributed by atoms with Gasteiger partial charge in [-0.05, 0) is 26.7 Å². The molecule has 0 spiro atoms. The molecule has 1 aliphatic heterocycles. The van der Waals surface area contributed by atoms with E-state index in [1.165, 1.54) is 0 Å². The Bertz CT molecular complexity index is 632. The molecule has 0 bridgehead atoms. The molecular weight excluding hydrogens is 278 g/mol. The molecule has 1 fully saturated rings. The quantitative estimate of drug-likeness (QED) is 0.937. The van der Waals surface area contributed by atoms with Crippen molar-refractivity contribution in [1.82, 2.24) is 25.1 Å². The van der Waals surface area contributed by atoms with Gasteiger partial charge in [-0.2, -0.15) is 5.10 Å². The summed E-state index contributed by atoms with van der Waals surface area (Å²) in [6.45, 7) is 5.45. The highest BCUT2D eigenvalue weighted by Crippen LogP contribution is 2.25. The number of carbonyl (C=O) groups is 1. The van der Waals surface area contributed by atoms with Crippen LogP contribution < -0.4 is 0 Å². The number of likely N-dealkylation sites (tertiary alicyclic amines) is 1. The standard InChI is InChI=1S/C16H21N5O/c1-11-14(12(2)20-19-11)8-16(22)21-7-3-4-13(10-21)15-9-17-5-6-18-15/h5-6,9,13H,3-4,7-8,10H2,1-2H3,(H,19,20)/t13-/m0/s1. The van der Waals surface area contributed by atoms with Gasteiger partial charge in [-0.15, -0.1) is 0 Å². The van der Waals surface area contributed by atoms with Gasteiger partial charge in [-0.3, -0.25) is 19.9 Å². The Morgan fingerprint density at radius 3 is 2.95 bits per heavy atom. The number of aromatic amines is 1. The van der Waals surface area contributed by atoms with Crippen LogP contribution in [-0.4, -0.2) is 44.1 Å². The summed E-state index contributed by atoms with van der Waals surface area (Å²) in [5.41, 5.74) is 3.89. The fourth-order valence-corrected chi connectivity index (χ4v) is 3.06. The minimum absolute atomic E-state index is 0.168. The molecule has 0 saturated carbocycles. The van der Waals surface area contributed by atoms with Gasteiger partial charge >= 0.3 is 0 Å². The molecule has 22 heavy (non-hydrogen) atoms. The molecule has 6 nitrogen and oxygen atoms in total. The average molecular weight is 299 g/mol. The predicted octanol–water partition coefficient (Wildman–Crippen LogP) is 1.77. The monoisotopic (exact) mass is 299 g/mol. The highest BCUT2D eigenvalue weighted by Gasteiger charge is 2.26. The summed E-state index contributed by atoms with van der Waals surface area (Å²) in [6, 6.07) is 0. The van der Waals surface area contributed by atoms with Gasteiger partial charge in [-0.25, -0.2) is 0 Å². The predicted molar refractivity (Wildman–Crippen MR) is 82.4 cm³/mol. The largest absolute Gasteiger partial charge is 0.342 e. The summed E-state index contributed by atoms with van der Waals surface area (Å²) in [5.74, 6) is 0.458. The zero-order valence-corrected chi connectivity index (χ0v) is 13.0. The normalized spacial score (nSPS) is 18.5. The van der Waals surface area contributed by atoms with Crippen LogP contribution in [0.1, 0.15) is 41.4 Å². The van der Waals surface area contributed by atoms with E-state index in [0.29, 0.717) is 6.42 Å². The lowest BCUT2D eigenvalue weighted by Crippen LogP contribution is -2.40. The molecule has 2 aromatic heterocycles. The third-order valence-electron chi connectivity index (χ3n) is 4.38. The van der Waals surface area contributed by atoms with Crippen LogP contribution >= 0.6 is 0 Å². The number of piperidine rings is 1. The van der Waals surface area contributed by atoms with Gasteiger partial charge in [0, 0.05) is 48.9 Å². The van der Waals surface area contributed by atoms with Crippen molar-refractivity contribution in [2.45, 2.75) is 39.0 Å². The van der Waals surface area contributed by atoms with Gasteiger partial charge in [0.15, 0.2) is 0 Å². The Labute approximate surface area is 130 Å². The molecule has 1 saturated heterocycles. The smallest absolute Gasteiger partial charge is 0.227 e. The van der Waals surface area contributed by atoms with E-state index in [-0.39, 0.29) is 11.8 Å². The summed E-state index contributed by atoms with van der Waals surface area (Å²) in [6.07, 6.45) is 7.70. The van der Waals surface area contributed by atoms with Crippen molar-refractivity contribution in [1.29, 1.82) is 0 Å². The van der Waals surface area contributed by atoms with Gasteiger partial charge in [0.25, 0.3) is 0 Å². The lowest BCUT2D eigenvalue weighted by molar-refractivity contribution is -0.131. The number of nitrogens with zero attached hydrogens (tertiary/aromatic N) is 4. The molecule has 0 aromatic carbocycles. The van der Waals surface area contributed by atoms with Crippen LogP contribution in [0.4, 0.5) is 0 Å². The number of carbonyl (C=O) groups excluding carboxylic acids is 1. The molecule has 0 aliphatic carbocycles. The summed E-state index contributed by atoms with van der Waals surface area (Å²) in [7, 11) is 0. The molecule has 1 N–H and O–H groups in total. The van der Waals surface area contributed by atoms with E-state index in [4.69, 9.17) is 0 Å². The van der Waals surface area contributed by atoms with E-state index < -0.39 is 0 Å². The fraction of sp³-hybridized carbons (Fsp3) is 0.500. The Morgan fingerprint density at radius 1 is 1.41 bits per heavy atom. The van der Waals surface area contributed by atoms with E-state index in [9.17, 15) is 4.79 Å². The van der Waals surface area contributed by atoms with Crippen LogP contribution in [0.2, 0.25) is 0 Å². The number of nitrogens with one attached hydrogen (secondary N) is 1. The minimum Gasteiger partial charge on any atom is -0.342 e. The minimum atomic E-state index is 0.168. The Morgan fingerprint density at radius 2 is 2.27 bits per heavy atom. The van der Waals surface area contributed by atoms with Crippen LogP contribution in [0, 0.1) is 13.8 Å². The topological polar surface area (TPSA) is 74.8 Å². The zero-order chi connectivity index (χ0) is 15.5. The van der Waals surface area contributed by atoms with Gasteiger partial charge in [0.2, 0.25) is 5.91 Å². The summed E-state index contributed by atoms with van der Waals surface area (Å²) >= 11 is 0. The maximum Gasteiger partial charge on any atom is 0.227 e. The number of aryl methyl sites for hydroxylation is 2. The summed E-state index contributed by atoms with van der Waals surface area (Å²) < 4.78 is 0. The second kappa shape index (κ2) is 6.25. The molecular formula is C16H21N5O. The molecule has 6 heteroatoms. The number of amides is 1. The first-order valence-electron chi connectivity index (χ1n) is 7.69. The van der Waals surface area contributed by atoms with Gasteiger partial charge < -0.3 is 4.90 Å². The first kappa shape index (κ1) is 14.7. The number of hydrogen-bond acceptors (Lipinski definition) is 4. The maximum atomic E-state index is 12.6. The number of hydrogen-bond donors (Lipinski definition) is 1. The molecule has 1 amide bonds. The molecule has 116 valence electrons. The molecule has 2 aromatic rings. The van der Waals surface area contributed by atoms with Crippen LogP contribution in [0.5, 0.6) is 0 Å². The molecule has 3 heterocycles. The first-order chi connectivity index (χ1) is 10.6. The molecule has 0 radical (unpaired) electrons. The number of H-pyrrole nitrogens is 1. The van der Waals surface area contributed by atoms with Crippen molar-refractivity contribution in [2.24, 2.45) is 0 Å². The second-order valence-electron chi connectivity index (χ2n) is 5.90. The van der Waals surface area contributed by atoms with Gasteiger partial charge in [0.1, 0.15) is 0 Å². The van der Waals surface area contributed by atoms with Crippen molar-refractivity contribution in [3.05, 3.63) is 41.2 Å². The van der Waals surface area contributed by atoms with Crippen molar-refractivity contribution in [3.8, 4) is 0 Å². The second-order valence-corrected chi connectivity index (χ2v) is 5.90. The molecule has 0 unspecified atom stereocenters. The first-order valence-corrected chi connectivity index (χ1v) is 7.69. The molecule has 1 atom stereocenters. The Kier molecular flexibility index (Phi) is 4.18. The molecule has 3 rings (SSSR count). The van der Waals surface area contributed by atoms with Crippen molar-refractivity contribution in [2.75, 3.05) is 13.1 Å².